The van der Waals surface area contributed by atoms with Crippen molar-refractivity contribution in [3.05, 3.63) is 70.1 Å². The highest BCUT2D eigenvalue weighted by Crippen LogP contribution is 2.23. The van der Waals surface area contributed by atoms with E-state index in [1.165, 1.54) is 10.4 Å². The molecule has 0 radical (unpaired) electrons. The summed E-state index contributed by atoms with van der Waals surface area (Å²) in [6, 6.07) is 7.84. The van der Waals surface area contributed by atoms with Gasteiger partial charge in [0.1, 0.15) is 5.65 Å². The number of rotatable bonds is 5. The van der Waals surface area contributed by atoms with Gasteiger partial charge in [-0.1, -0.05) is 13.0 Å². The molecule has 4 aromatic rings. The molecule has 0 saturated heterocycles. The molecule has 0 aliphatic carbocycles. The molecule has 0 bridgehead atoms. The van der Waals surface area contributed by atoms with Crippen LogP contribution >= 0.6 is 11.3 Å². The van der Waals surface area contributed by atoms with Gasteiger partial charge in [0.25, 0.3) is 5.91 Å². The maximum atomic E-state index is 12.4. The Hall–Kier alpha value is -2.93. The first-order chi connectivity index (χ1) is 12.6. The number of hydrogen-bond acceptors (Lipinski definition) is 4. The maximum Gasteiger partial charge on any atom is 0.265 e. The number of carbonyl (C=O) groups excluding carboxylic acids is 1. The van der Waals surface area contributed by atoms with E-state index < -0.39 is 0 Å². The number of nitrogens with zero attached hydrogens (tertiary/aromatic N) is 4. The Morgan fingerprint density at radius 3 is 2.96 bits per heavy atom. The fourth-order valence-corrected chi connectivity index (χ4v) is 3.93. The molecule has 1 N–H and O–H groups in total. The SMILES string of the molecule is CCc1sc(C(=O)Nc2cnn(Cc3cn4ccccc4n3)c2)cc1C. The summed E-state index contributed by atoms with van der Waals surface area (Å²) in [4.78, 5) is 19.0. The molecule has 0 aromatic carbocycles. The van der Waals surface area contributed by atoms with Gasteiger partial charge in [-0.2, -0.15) is 5.10 Å². The summed E-state index contributed by atoms with van der Waals surface area (Å²) < 4.78 is 3.75. The fraction of sp³-hybridized carbons (Fsp3) is 0.211. The molecular formula is C19H19N5OS. The quantitative estimate of drug-likeness (QED) is 0.586. The second-order valence-corrected chi connectivity index (χ2v) is 7.29. The molecule has 26 heavy (non-hydrogen) atoms. The molecular weight excluding hydrogens is 346 g/mol. The van der Waals surface area contributed by atoms with Crippen LogP contribution < -0.4 is 5.32 Å². The number of anilines is 1. The lowest BCUT2D eigenvalue weighted by atomic mass is 10.2. The molecule has 7 heteroatoms. The molecule has 4 heterocycles. The standard InChI is InChI=1S/C19H19N5OS/c1-3-16-13(2)8-17(26-16)19(25)22-14-9-20-24(11-14)12-15-10-23-7-5-4-6-18(23)21-15/h4-11H,3,12H2,1-2H3,(H,22,25). The normalized spacial score (nSPS) is 11.2. The monoisotopic (exact) mass is 365 g/mol. The minimum Gasteiger partial charge on any atom is -0.319 e. The van der Waals surface area contributed by atoms with Crippen molar-refractivity contribution in [1.82, 2.24) is 19.2 Å². The van der Waals surface area contributed by atoms with Crippen LogP contribution in [0.1, 0.15) is 32.7 Å². The number of hydrogen-bond donors (Lipinski definition) is 1. The van der Waals surface area contributed by atoms with Crippen LogP contribution in [-0.4, -0.2) is 25.1 Å². The maximum absolute atomic E-state index is 12.4. The Morgan fingerprint density at radius 1 is 1.31 bits per heavy atom. The molecule has 0 aliphatic rings. The molecule has 0 saturated carbocycles. The van der Waals surface area contributed by atoms with Crippen molar-refractivity contribution < 1.29 is 4.79 Å². The van der Waals surface area contributed by atoms with Crippen LogP contribution in [0.3, 0.4) is 0 Å². The molecule has 0 unspecified atom stereocenters. The third-order valence-electron chi connectivity index (χ3n) is 4.19. The van der Waals surface area contributed by atoms with Crippen LogP contribution in [0.4, 0.5) is 5.69 Å². The lowest BCUT2D eigenvalue weighted by Gasteiger charge is -1.99. The lowest BCUT2D eigenvalue weighted by Crippen LogP contribution is -2.09. The minimum absolute atomic E-state index is 0.0925. The second-order valence-electron chi connectivity index (χ2n) is 6.15. The van der Waals surface area contributed by atoms with E-state index in [9.17, 15) is 4.79 Å². The summed E-state index contributed by atoms with van der Waals surface area (Å²) in [6.45, 7) is 4.69. The predicted molar refractivity (Wildman–Crippen MR) is 103 cm³/mol. The molecule has 6 nitrogen and oxygen atoms in total. The fourth-order valence-electron chi connectivity index (χ4n) is 2.92. The Bertz CT molecular complexity index is 1040. The molecule has 0 aliphatic heterocycles. The second kappa shape index (κ2) is 6.76. The minimum atomic E-state index is -0.0925. The number of fused-ring (bicyclic) bond motifs is 1. The first-order valence-electron chi connectivity index (χ1n) is 8.48. The number of aromatic nitrogens is 4. The van der Waals surface area contributed by atoms with Crippen molar-refractivity contribution in [2.45, 2.75) is 26.8 Å². The average Bonchev–Trinajstić information content (AvgIpc) is 3.33. The molecule has 4 rings (SSSR count). The summed E-state index contributed by atoms with van der Waals surface area (Å²) in [5.41, 5.74) is 3.68. The van der Waals surface area contributed by atoms with Crippen molar-refractivity contribution in [3.63, 3.8) is 0 Å². The topological polar surface area (TPSA) is 64.2 Å². The van der Waals surface area contributed by atoms with Crippen molar-refractivity contribution in [2.75, 3.05) is 5.32 Å². The number of thiophene rings is 1. The highest BCUT2D eigenvalue weighted by Gasteiger charge is 2.13. The highest BCUT2D eigenvalue weighted by atomic mass is 32.1. The third-order valence-corrected chi connectivity index (χ3v) is 5.57. The van der Waals surface area contributed by atoms with Crippen molar-refractivity contribution >= 4 is 28.6 Å². The number of imidazole rings is 1. The number of carbonyl (C=O) groups is 1. The van der Waals surface area contributed by atoms with Crippen LogP contribution in [0, 0.1) is 6.92 Å². The molecule has 0 spiro atoms. The zero-order chi connectivity index (χ0) is 18.1. The summed E-state index contributed by atoms with van der Waals surface area (Å²) >= 11 is 1.55. The Kier molecular flexibility index (Phi) is 4.30. The zero-order valence-corrected chi connectivity index (χ0v) is 15.5. The van der Waals surface area contributed by atoms with E-state index >= 15 is 0 Å². The van der Waals surface area contributed by atoms with Gasteiger partial charge in [-0.3, -0.25) is 9.48 Å². The van der Waals surface area contributed by atoms with Gasteiger partial charge in [0.15, 0.2) is 0 Å². The van der Waals surface area contributed by atoms with Gasteiger partial charge in [-0.15, -0.1) is 11.3 Å². The van der Waals surface area contributed by atoms with E-state index in [2.05, 4.69) is 22.3 Å². The summed E-state index contributed by atoms with van der Waals surface area (Å²) in [5.74, 6) is -0.0925. The van der Waals surface area contributed by atoms with Crippen molar-refractivity contribution in [3.8, 4) is 0 Å². The van der Waals surface area contributed by atoms with Gasteiger partial charge >= 0.3 is 0 Å². The van der Waals surface area contributed by atoms with Crippen LogP contribution in [0.2, 0.25) is 0 Å². The summed E-state index contributed by atoms with van der Waals surface area (Å²) in [6.07, 6.45) is 8.38. The number of pyridine rings is 1. The number of nitrogens with one attached hydrogen (secondary N) is 1. The predicted octanol–water partition coefficient (Wildman–Crippen LogP) is 3.76. The zero-order valence-electron chi connectivity index (χ0n) is 14.6. The number of amides is 1. The lowest BCUT2D eigenvalue weighted by molar-refractivity contribution is 0.103. The molecule has 132 valence electrons. The van der Waals surface area contributed by atoms with E-state index in [1.54, 1.807) is 22.2 Å². The van der Waals surface area contributed by atoms with Gasteiger partial charge in [-0.25, -0.2) is 4.98 Å². The molecule has 4 aromatic heterocycles. The Morgan fingerprint density at radius 2 is 2.19 bits per heavy atom. The first-order valence-corrected chi connectivity index (χ1v) is 9.29. The molecule has 1 amide bonds. The van der Waals surface area contributed by atoms with Crippen LogP contribution in [0.25, 0.3) is 5.65 Å². The van der Waals surface area contributed by atoms with Crippen molar-refractivity contribution in [2.24, 2.45) is 0 Å². The van der Waals surface area contributed by atoms with Crippen molar-refractivity contribution in [1.29, 1.82) is 0 Å². The largest absolute Gasteiger partial charge is 0.319 e. The number of aryl methyl sites for hydroxylation is 2. The van der Waals surface area contributed by atoms with Crippen LogP contribution in [0.15, 0.2) is 49.1 Å². The summed E-state index contributed by atoms with van der Waals surface area (Å²) in [5, 5.41) is 7.24. The van der Waals surface area contributed by atoms with E-state index in [1.807, 2.05) is 54.2 Å². The van der Waals surface area contributed by atoms with Crippen LogP contribution in [-0.2, 0) is 13.0 Å². The smallest absolute Gasteiger partial charge is 0.265 e. The molecule has 0 fully saturated rings. The molecule has 0 atom stereocenters. The van der Waals surface area contributed by atoms with Gasteiger partial charge < -0.3 is 9.72 Å². The van der Waals surface area contributed by atoms with Crippen LogP contribution in [0.5, 0.6) is 0 Å². The van der Waals surface area contributed by atoms with E-state index in [0.29, 0.717) is 12.2 Å². The summed E-state index contributed by atoms with van der Waals surface area (Å²) in [7, 11) is 0. The van der Waals surface area contributed by atoms with Gasteiger partial charge in [-0.05, 0) is 37.1 Å². The van der Waals surface area contributed by atoms with Gasteiger partial charge in [0.2, 0.25) is 0 Å². The first kappa shape index (κ1) is 16.5. The van der Waals surface area contributed by atoms with E-state index in [-0.39, 0.29) is 5.91 Å². The van der Waals surface area contributed by atoms with E-state index in [4.69, 9.17) is 0 Å². The van der Waals surface area contributed by atoms with Gasteiger partial charge in [0.05, 0.1) is 29.0 Å². The third kappa shape index (κ3) is 3.25. The Labute approximate surface area is 155 Å². The van der Waals surface area contributed by atoms with E-state index in [0.717, 1.165) is 22.6 Å². The average molecular weight is 365 g/mol. The highest BCUT2D eigenvalue weighted by molar-refractivity contribution is 7.14. The van der Waals surface area contributed by atoms with Gasteiger partial charge in [0, 0.05) is 23.5 Å². The Balaban J connectivity index is 1.46.